The van der Waals surface area contributed by atoms with Gasteiger partial charge in [0.1, 0.15) is 0 Å². The van der Waals surface area contributed by atoms with Crippen molar-refractivity contribution in [2.24, 2.45) is 5.73 Å². The molecule has 0 aliphatic carbocycles. The van der Waals surface area contributed by atoms with Gasteiger partial charge in [-0.15, -0.1) is 0 Å². The summed E-state index contributed by atoms with van der Waals surface area (Å²) in [5, 5.41) is 4.29. The van der Waals surface area contributed by atoms with E-state index in [9.17, 15) is 4.79 Å². The van der Waals surface area contributed by atoms with E-state index in [0.29, 0.717) is 5.56 Å². The average Bonchev–Trinajstić information content (AvgIpc) is 2.47. The van der Waals surface area contributed by atoms with Crippen molar-refractivity contribution < 1.29 is 4.79 Å². The standard InChI is InChI=1S/C15H18N4O/c16-15(20)12-2-4-14-11(9-12)1-3-13(18-14)10-19-7-5-17-6-8-19/h1-4,9,17H,5-8,10H2,(H2,16,20). The van der Waals surface area contributed by atoms with Crippen LogP contribution < -0.4 is 11.1 Å². The van der Waals surface area contributed by atoms with E-state index in [0.717, 1.165) is 49.3 Å². The highest BCUT2D eigenvalue weighted by atomic mass is 16.1. The zero-order valence-corrected chi connectivity index (χ0v) is 11.3. The fraction of sp³-hybridized carbons (Fsp3) is 0.333. The number of nitrogens with zero attached hydrogens (tertiary/aromatic N) is 2. The molecule has 3 rings (SSSR count). The quantitative estimate of drug-likeness (QED) is 0.863. The Morgan fingerprint density at radius 2 is 2.05 bits per heavy atom. The Hall–Kier alpha value is -1.98. The normalized spacial score (nSPS) is 16.4. The predicted molar refractivity (Wildman–Crippen MR) is 78.4 cm³/mol. The van der Waals surface area contributed by atoms with E-state index < -0.39 is 5.91 Å². The number of amides is 1. The summed E-state index contributed by atoms with van der Waals surface area (Å²) >= 11 is 0. The van der Waals surface area contributed by atoms with E-state index in [-0.39, 0.29) is 0 Å². The number of nitrogens with two attached hydrogens (primary N) is 1. The van der Waals surface area contributed by atoms with Crippen LogP contribution >= 0.6 is 0 Å². The van der Waals surface area contributed by atoms with Crippen LogP contribution in [0.1, 0.15) is 16.1 Å². The summed E-state index contributed by atoms with van der Waals surface area (Å²) in [7, 11) is 0. The molecule has 0 saturated carbocycles. The first-order valence-electron chi connectivity index (χ1n) is 6.85. The molecule has 104 valence electrons. The van der Waals surface area contributed by atoms with Crippen LogP contribution in [0, 0.1) is 0 Å². The lowest BCUT2D eigenvalue weighted by Crippen LogP contribution is -2.43. The monoisotopic (exact) mass is 270 g/mol. The average molecular weight is 270 g/mol. The molecule has 1 amide bonds. The number of primary amides is 1. The number of fused-ring (bicyclic) bond motifs is 1. The fourth-order valence-corrected chi connectivity index (χ4v) is 2.51. The fourth-order valence-electron chi connectivity index (χ4n) is 2.51. The molecule has 20 heavy (non-hydrogen) atoms. The summed E-state index contributed by atoms with van der Waals surface area (Å²) < 4.78 is 0. The first-order valence-corrected chi connectivity index (χ1v) is 6.85. The molecule has 0 radical (unpaired) electrons. The molecule has 5 heteroatoms. The van der Waals surface area contributed by atoms with Crippen LogP contribution in [0.5, 0.6) is 0 Å². The summed E-state index contributed by atoms with van der Waals surface area (Å²) in [5.74, 6) is -0.406. The van der Waals surface area contributed by atoms with Crippen molar-refractivity contribution in [3.05, 3.63) is 41.6 Å². The van der Waals surface area contributed by atoms with E-state index in [1.807, 2.05) is 18.2 Å². The molecule has 1 aromatic heterocycles. The summed E-state index contributed by atoms with van der Waals surface area (Å²) in [6.07, 6.45) is 0. The van der Waals surface area contributed by atoms with Crippen molar-refractivity contribution in [2.75, 3.05) is 26.2 Å². The smallest absolute Gasteiger partial charge is 0.248 e. The first kappa shape index (κ1) is 13.0. The van der Waals surface area contributed by atoms with Crippen LogP contribution in [-0.4, -0.2) is 42.0 Å². The predicted octanol–water partition coefficient (Wildman–Crippen LogP) is 0.739. The Morgan fingerprint density at radius 3 is 2.80 bits per heavy atom. The first-order chi connectivity index (χ1) is 9.72. The lowest BCUT2D eigenvalue weighted by atomic mass is 10.1. The minimum atomic E-state index is -0.406. The Balaban J connectivity index is 1.83. The van der Waals surface area contributed by atoms with Crippen molar-refractivity contribution in [2.45, 2.75) is 6.54 Å². The minimum Gasteiger partial charge on any atom is -0.366 e. The van der Waals surface area contributed by atoms with Crippen LogP contribution in [0.15, 0.2) is 30.3 Å². The molecule has 5 nitrogen and oxygen atoms in total. The maximum Gasteiger partial charge on any atom is 0.248 e. The second-order valence-electron chi connectivity index (χ2n) is 5.10. The van der Waals surface area contributed by atoms with Crippen LogP contribution in [0.4, 0.5) is 0 Å². The molecular weight excluding hydrogens is 252 g/mol. The van der Waals surface area contributed by atoms with Gasteiger partial charge < -0.3 is 11.1 Å². The number of benzene rings is 1. The molecule has 2 heterocycles. The van der Waals surface area contributed by atoms with E-state index in [4.69, 9.17) is 5.73 Å². The van der Waals surface area contributed by atoms with E-state index in [1.165, 1.54) is 0 Å². The maximum absolute atomic E-state index is 11.2. The molecule has 0 atom stereocenters. The molecule has 0 spiro atoms. The lowest BCUT2D eigenvalue weighted by molar-refractivity contribution is 0.100. The second kappa shape index (κ2) is 5.56. The number of carbonyl (C=O) groups is 1. The molecule has 1 aliphatic rings. The van der Waals surface area contributed by atoms with E-state index in [2.05, 4.69) is 15.2 Å². The number of hydrogen-bond donors (Lipinski definition) is 2. The van der Waals surface area contributed by atoms with Gasteiger partial charge in [0.15, 0.2) is 0 Å². The van der Waals surface area contributed by atoms with Crippen molar-refractivity contribution in [3.63, 3.8) is 0 Å². The number of aromatic nitrogens is 1. The van der Waals surface area contributed by atoms with E-state index >= 15 is 0 Å². The third kappa shape index (κ3) is 2.79. The Bertz CT molecular complexity index is 635. The molecule has 2 aromatic rings. The van der Waals surface area contributed by atoms with Gasteiger partial charge in [-0.2, -0.15) is 0 Å². The third-order valence-electron chi connectivity index (χ3n) is 3.63. The third-order valence-corrected chi connectivity index (χ3v) is 3.63. The SMILES string of the molecule is NC(=O)c1ccc2nc(CN3CCNCC3)ccc2c1. The summed E-state index contributed by atoms with van der Waals surface area (Å²) in [4.78, 5) is 18.2. The molecule has 1 aromatic carbocycles. The van der Waals surface area contributed by atoms with Gasteiger partial charge in [-0.1, -0.05) is 6.07 Å². The topological polar surface area (TPSA) is 71.2 Å². The van der Waals surface area contributed by atoms with Crippen molar-refractivity contribution in [1.82, 2.24) is 15.2 Å². The molecule has 0 bridgehead atoms. The number of carbonyl (C=O) groups excluding carboxylic acids is 1. The van der Waals surface area contributed by atoms with Gasteiger partial charge in [0.2, 0.25) is 5.91 Å². The summed E-state index contributed by atoms with van der Waals surface area (Å²) in [5.41, 5.74) is 7.78. The van der Waals surface area contributed by atoms with Gasteiger partial charge >= 0.3 is 0 Å². The van der Waals surface area contributed by atoms with E-state index in [1.54, 1.807) is 12.1 Å². The minimum absolute atomic E-state index is 0.406. The summed E-state index contributed by atoms with van der Waals surface area (Å²) in [6.45, 7) is 5.06. The van der Waals surface area contributed by atoms with Crippen LogP contribution in [0.2, 0.25) is 0 Å². The highest BCUT2D eigenvalue weighted by Crippen LogP contribution is 2.15. The van der Waals surface area contributed by atoms with Crippen LogP contribution in [0.25, 0.3) is 10.9 Å². The molecule has 1 fully saturated rings. The Kier molecular flexibility index (Phi) is 3.62. The van der Waals surface area contributed by atoms with Crippen LogP contribution in [-0.2, 0) is 6.54 Å². The van der Waals surface area contributed by atoms with Gasteiger partial charge in [0.25, 0.3) is 0 Å². The second-order valence-corrected chi connectivity index (χ2v) is 5.10. The summed E-state index contributed by atoms with van der Waals surface area (Å²) in [6, 6.07) is 9.41. The molecular formula is C15H18N4O. The maximum atomic E-state index is 11.2. The molecule has 1 aliphatic heterocycles. The number of piperazine rings is 1. The van der Waals surface area contributed by atoms with Gasteiger partial charge in [-0.05, 0) is 24.3 Å². The van der Waals surface area contributed by atoms with Gasteiger partial charge in [-0.3, -0.25) is 14.7 Å². The van der Waals surface area contributed by atoms with Crippen molar-refractivity contribution >= 4 is 16.8 Å². The van der Waals surface area contributed by atoms with Crippen molar-refractivity contribution in [1.29, 1.82) is 0 Å². The number of nitrogens with one attached hydrogen (secondary N) is 1. The van der Waals surface area contributed by atoms with Gasteiger partial charge in [0, 0.05) is 43.7 Å². The number of hydrogen-bond acceptors (Lipinski definition) is 4. The number of rotatable bonds is 3. The van der Waals surface area contributed by atoms with Gasteiger partial charge in [-0.25, -0.2) is 0 Å². The Labute approximate surface area is 117 Å². The lowest BCUT2D eigenvalue weighted by Gasteiger charge is -2.26. The Morgan fingerprint density at radius 1 is 1.25 bits per heavy atom. The molecule has 3 N–H and O–H groups in total. The largest absolute Gasteiger partial charge is 0.366 e. The highest BCUT2D eigenvalue weighted by Gasteiger charge is 2.11. The molecule has 0 unspecified atom stereocenters. The van der Waals surface area contributed by atoms with Crippen LogP contribution in [0.3, 0.4) is 0 Å². The molecule has 1 saturated heterocycles. The van der Waals surface area contributed by atoms with Crippen molar-refractivity contribution in [3.8, 4) is 0 Å². The van der Waals surface area contributed by atoms with Gasteiger partial charge in [0.05, 0.1) is 11.2 Å². The zero-order valence-electron chi connectivity index (χ0n) is 11.3. The zero-order chi connectivity index (χ0) is 13.9. The highest BCUT2D eigenvalue weighted by molar-refractivity contribution is 5.96. The number of pyridine rings is 1.